The van der Waals surface area contributed by atoms with Crippen LogP contribution >= 0.6 is 11.6 Å². The molecule has 0 aliphatic rings. The summed E-state index contributed by atoms with van der Waals surface area (Å²) in [6.45, 7) is -0.573. The number of para-hydroxylation sites is 1. The first-order chi connectivity index (χ1) is 15.0. The molecule has 0 bridgehead atoms. The summed E-state index contributed by atoms with van der Waals surface area (Å²) in [4.78, 5) is 12.0. The number of nitrogens with one attached hydrogen (secondary N) is 2. The molecule has 0 atom stereocenters. The number of amides is 1. The molecule has 3 rings (SSSR count). The van der Waals surface area contributed by atoms with Gasteiger partial charge in [-0.3, -0.25) is 9.52 Å². The van der Waals surface area contributed by atoms with Crippen LogP contribution in [0.3, 0.4) is 0 Å². The molecule has 0 aromatic heterocycles. The first-order valence-corrected chi connectivity index (χ1v) is 10.9. The Hall–Kier alpha value is -3.24. The van der Waals surface area contributed by atoms with Crippen LogP contribution < -0.4 is 14.8 Å². The van der Waals surface area contributed by atoms with Gasteiger partial charge in [0.2, 0.25) is 0 Å². The monoisotopic (exact) mass is 484 g/mol. The molecule has 2 N–H and O–H groups in total. The van der Waals surface area contributed by atoms with Gasteiger partial charge in [0.15, 0.2) is 6.61 Å². The highest BCUT2D eigenvalue weighted by Gasteiger charge is 2.30. The summed E-state index contributed by atoms with van der Waals surface area (Å²) >= 11 is 5.98. The lowest BCUT2D eigenvalue weighted by molar-refractivity contribution is -0.137. The van der Waals surface area contributed by atoms with E-state index >= 15 is 0 Å². The van der Waals surface area contributed by atoms with Gasteiger partial charge in [0.1, 0.15) is 5.75 Å². The number of ether oxygens (including phenoxy) is 1. The van der Waals surface area contributed by atoms with Crippen LogP contribution in [0.5, 0.6) is 5.75 Å². The predicted molar refractivity (Wildman–Crippen MR) is 114 cm³/mol. The lowest BCUT2D eigenvalue weighted by Crippen LogP contribution is -2.21. The van der Waals surface area contributed by atoms with Gasteiger partial charge in [0.25, 0.3) is 15.9 Å². The number of hydrogen-bond acceptors (Lipinski definition) is 4. The zero-order valence-electron chi connectivity index (χ0n) is 16.2. The Morgan fingerprint density at radius 1 is 0.969 bits per heavy atom. The lowest BCUT2D eigenvalue weighted by atomic mass is 10.2. The highest BCUT2D eigenvalue weighted by Crippen LogP contribution is 2.31. The maximum atomic E-state index is 12.8. The minimum absolute atomic E-state index is 0.129. The third kappa shape index (κ3) is 6.14. The Kier molecular flexibility index (Phi) is 6.95. The van der Waals surface area contributed by atoms with E-state index in [9.17, 15) is 26.4 Å². The van der Waals surface area contributed by atoms with E-state index < -0.39 is 34.3 Å². The highest BCUT2D eigenvalue weighted by atomic mass is 35.5. The molecule has 0 fully saturated rings. The van der Waals surface area contributed by atoms with Crippen LogP contribution in [0.1, 0.15) is 5.56 Å². The number of carbonyl (C=O) groups excluding carboxylic acids is 1. The number of hydrogen-bond donors (Lipinski definition) is 2. The third-order valence-corrected chi connectivity index (χ3v) is 5.77. The van der Waals surface area contributed by atoms with Crippen LogP contribution in [0.2, 0.25) is 5.02 Å². The number of benzene rings is 3. The number of rotatable bonds is 7. The summed E-state index contributed by atoms with van der Waals surface area (Å²) in [6.07, 6.45) is -4.54. The van der Waals surface area contributed by atoms with Crippen LogP contribution in [-0.4, -0.2) is 20.9 Å². The summed E-state index contributed by atoms with van der Waals surface area (Å²) in [5.41, 5.74) is -0.554. The SMILES string of the molecule is O=C(COc1cccc(C(F)(F)F)c1)Nc1cccc(S(=O)(=O)Nc2ccccc2Cl)c1. The van der Waals surface area contributed by atoms with E-state index in [0.29, 0.717) is 0 Å². The van der Waals surface area contributed by atoms with Crippen molar-refractivity contribution < 1.29 is 31.1 Å². The molecule has 6 nitrogen and oxygen atoms in total. The minimum atomic E-state index is -4.54. The highest BCUT2D eigenvalue weighted by molar-refractivity contribution is 7.92. The van der Waals surface area contributed by atoms with Gasteiger partial charge >= 0.3 is 6.18 Å². The van der Waals surface area contributed by atoms with E-state index in [1.165, 1.54) is 42.5 Å². The molecule has 0 aliphatic heterocycles. The van der Waals surface area contributed by atoms with Crippen LogP contribution in [0.25, 0.3) is 0 Å². The van der Waals surface area contributed by atoms with Crippen LogP contribution in [0, 0.1) is 0 Å². The van der Waals surface area contributed by atoms with Crippen molar-refractivity contribution in [1.82, 2.24) is 0 Å². The zero-order valence-corrected chi connectivity index (χ0v) is 17.8. The second-order valence-corrected chi connectivity index (χ2v) is 8.57. The molecule has 3 aromatic carbocycles. The topological polar surface area (TPSA) is 84.5 Å². The maximum absolute atomic E-state index is 12.8. The van der Waals surface area contributed by atoms with E-state index in [2.05, 4.69) is 10.0 Å². The Labute approximate surface area is 187 Å². The molecule has 0 spiro atoms. The van der Waals surface area contributed by atoms with E-state index in [0.717, 1.165) is 18.2 Å². The quantitative estimate of drug-likeness (QED) is 0.484. The molecular formula is C21H16ClF3N2O4S. The Bertz CT molecular complexity index is 1230. The fourth-order valence-corrected chi connectivity index (χ4v) is 3.96. The minimum Gasteiger partial charge on any atom is -0.484 e. The van der Waals surface area contributed by atoms with Crippen molar-refractivity contribution >= 4 is 38.9 Å². The molecule has 3 aromatic rings. The van der Waals surface area contributed by atoms with E-state index in [4.69, 9.17) is 16.3 Å². The van der Waals surface area contributed by atoms with Crippen molar-refractivity contribution in [2.45, 2.75) is 11.1 Å². The Balaban J connectivity index is 1.65. The van der Waals surface area contributed by atoms with Gasteiger partial charge in [-0.25, -0.2) is 8.42 Å². The molecule has 0 unspecified atom stereocenters. The summed E-state index contributed by atoms with van der Waals surface area (Å²) in [5, 5.41) is 2.66. The molecule has 0 radical (unpaired) electrons. The third-order valence-electron chi connectivity index (χ3n) is 4.08. The summed E-state index contributed by atoms with van der Waals surface area (Å²) in [7, 11) is -3.99. The Morgan fingerprint density at radius 3 is 2.41 bits per heavy atom. The summed E-state index contributed by atoms with van der Waals surface area (Å²) in [5.74, 6) is -0.814. The smallest absolute Gasteiger partial charge is 0.416 e. The summed E-state index contributed by atoms with van der Waals surface area (Å²) < 4.78 is 71.0. The number of sulfonamides is 1. The number of carbonyl (C=O) groups is 1. The second kappa shape index (κ2) is 9.49. The van der Waals surface area contributed by atoms with Gasteiger partial charge in [0.05, 0.1) is 21.2 Å². The van der Waals surface area contributed by atoms with Crippen molar-refractivity contribution in [2.24, 2.45) is 0 Å². The first-order valence-electron chi connectivity index (χ1n) is 9.02. The Morgan fingerprint density at radius 2 is 1.69 bits per heavy atom. The van der Waals surface area contributed by atoms with Crippen molar-refractivity contribution in [2.75, 3.05) is 16.6 Å². The molecule has 32 heavy (non-hydrogen) atoms. The van der Waals surface area contributed by atoms with E-state index in [1.54, 1.807) is 12.1 Å². The number of halogens is 4. The predicted octanol–water partition coefficient (Wildman–Crippen LogP) is 5.18. The molecule has 0 aliphatic carbocycles. The van der Waals surface area contributed by atoms with Gasteiger partial charge in [-0.15, -0.1) is 0 Å². The second-order valence-electron chi connectivity index (χ2n) is 6.48. The van der Waals surface area contributed by atoms with Gasteiger partial charge in [-0.1, -0.05) is 35.9 Å². The molecule has 0 saturated carbocycles. The van der Waals surface area contributed by atoms with Crippen molar-refractivity contribution in [3.05, 3.63) is 83.4 Å². The van der Waals surface area contributed by atoms with Gasteiger partial charge < -0.3 is 10.1 Å². The standard InChI is InChI=1S/C21H16ClF3N2O4S/c22-18-9-1-2-10-19(18)27-32(29,30)17-8-4-6-15(12-17)26-20(28)13-31-16-7-3-5-14(11-16)21(23,24)25/h1-12,27H,13H2,(H,26,28). The fraction of sp³-hybridized carbons (Fsp3) is 0.0952. The van der Waals surface area contributed by atoms with Crippen LogP contribution in [0.4, 0.5) is 24.5 Å². The molecule has 0 saturated heterocycles. The summed E-state index contributed by atoms with van der Waals surface area (Å²) in [6, 6.07) is 15.8. The molecule has 168 valence electrons. The van der Waals surface area contributed by atoms with E-state index in [1.807, 2.05) is 0 Å². The zero-order chi connectivity index (χ0) is 23.4. The normalized spacial score (nSPS) is 11.6. The lowest BCUT2D eigenvalue weighted by Gasteiger charge is -2.12. The average molecular weight is 485 g/mol. The van der Waals surface area contributed by atoms with Crippen molar-refractivity contribution in [1.29, 1.82) is 0 Å². The molecular weight excluding hydrogens is 469 g/mol. The van der Waals surface area contributed by atoms with Crippen LogP contribution in [0.15, 0.2) is 77.7 Å². The largest absolute Gasteiger partial charge is 0.484 e. The number of alkyl halides is 3. The van der Waals surface area contributed by atoms with Gasteiger partial charge in [-0.05, 0) is 48.5 Å². The molecule has 11 heteroatoms. The fourth-order valence-electron chi connectivity index (χ4n) is 2.60. The maximum Gasteiger partial charge on any atom is 0.416 e. The van der Waals surface area contributed by atoms with Gasteiger partial charge in [-0.2, -0.15) is 13.2 Å². The van der Waals surface area contributed by atoms with Gasteiger partial charge in [0, 0.05) is 5.69 Å². The number of anilines is 2. The molecule has 0 heterocycles. The first kappa shape index (κ1) is 23.4. The van der Waals surface area contributed by atoms with Crippen molar-refractivity contribution in [3.8, 4) is 5.75 Å². The molecule has 1 amide bonds. The van der Waals surface area contributed by atoms with Crippen molar-refractivity contribution in [3.63, 3.8) is 0 Å². The van der Waals surface area contributed by atoms with E-state index in [-0.39, 0.29) is 27.0 Å². The average Bonchev–Trinajstić information content (AvgIpc) is 2.74. The van der Waals surface area contributed by atoms with Crippen LogP contribution in [-0.2, 0) is 21.0 Å².